The molecule has 0 saturated carbocycles. The first-order valence-electron chi connectivity index (χ1n) is 10.2. The zero-order valence-corrected chi connectivity index (χ0v) is 20.2. The predicted octanol–water partition coefficient (Wildman–Crippen LogP) is 5.37. The Kier molecular flexibility index (Phi) is 7.02. The molecule has 0 aliphatic heterocycles. The lowest BCUT2D eigenvalue weighted by atomic mass is 10.1. The molecule has 0 aliphatic rings. The molecule has 0 spiro atoms. The third-order valence-corrected chi connectivity index (χ3v) is 6.51. The average molecular weight is 499 g/mol. The van der Waals surface area contributed by atoms with E-state index in [0.29, 0.717) is 31.9 Å². The van der Waals surface area contributed by atoms with Crippen molar-refractivity contribution in [3.05, 3.63) is 92.3 Å². The van der Waals surface area contributed by atoms with Gasteiger partial charge in [-0.15, -0.1) is 0 Å². The number of nitrogens with zero attached hydrogens (tertiary/aromatic N) is 3. The van der Waals surface area contributed by atoms with Crippen molar-refractivity contribution in [2.75, 3.05) is 5.75 Å². The highest BCUT2D eigenvalue weighted by Gasteiger charge is 2.17. The van der Waals surface area contributed by atoms with Crippen LogP contribution < -0.4 is 10.9 Å². The van der Waals surface area contributed by atoms with E-state index in [0.717, 1.165) is 11.1 Å². The van der Waals surface area contributed by atoms with Gasteiger partial charge in [0.2, 0.25) is 5.91 Å². The SMILES string of the molecule is Cc1ccnc(-n2c(SCC(=O)NC(C)c3ccc(Cl)cc3Cl)nc3ccccc3c2=O)c1. The standard InChI is InChI=1S/C24H20Cl2N4O2S/c1-14-9-10-27-21(11-14)30-23(32)18-5-3-4-6-20(18)29-24(30)33-13-22(31)28-15(2)17-8-7-16(25)12-19(17)26/h3-12,15H,13H2,1-2H3,(H,28,31). The fraction of sp³-hybridized carbons (Fsp3) is 0.167. The second kappa shape index (κ2) is 9.95. The highest BCUT2D eigenvalue weighted by molar-refractivity contribution is 7.99. The van der Waals surface area contributed by atoms with Crippen LogP contribution in [0.5, 0.6) is 0 Å². The number of carbonyl (C=O) groups excluding carboxylic acids is 1. The number of aromatic nitrogens is 3. The number of rotatable bonds is 6. The molecule has 0 bridgehead atoms. The number of amides is 1. The molecule has 1 N–H and O–H groups in total. The van der Waals surface area contributed by atoms with Crippen molar-refractivity contribution >= 4 is 51.8 Å². The Labute approximate surface area is 205 Å². The van der Waals surface area contributed by atoms with Gasteiger partial charge < -0.3 is 5.32 Å². The summed E-state index contributed by atoms with van der Waals surface area (Å²) in [6.45, 7) is 3.77. The zero-order valence-electron chi connectivity index (χ0n) is 17.9. The van der Waals surface area contributed by atoms with E-state index in [1.54, 1.807) is 42.6 Å². The molecule has 2 aromatic carbocycles. The van der Waals surface area contributed by atoms with E-state index in [-0.39, 0.29) is 23.3 Å². The molecule has 1 unspecified atom stereocenters. The summed E-state index contributed by atoms with van der Waals surface area (Å²) in [4.78, 5) is 35.0. The number of carbonyl (C=O) groups is 1. The first-order chi connectivity index (χ1) is 15.8. The summed E-state index contributed by atoms with van der Waals surface area (Å²) >= 11 is 13.4. The van der Waals surface area contributed by atoms with Gasteiger partial charge in [0.05, 0.1) is 22.7 Å². The molecule has 4 rings (SSSR count). The lowest BCUT2D eigenvalue weighted by molar-refractivity contribution is -0.119. The van der Waals surface area contributed by atoms with Crippen LogP contribution in [0.15, 0.2) is 70.7 Å². The van der Waals surface area contributed by atoms with Crippen LogP contribution in [-0.2, 0) is 4.79 Å². The maximum atomic E-state index is 13.3. The van der Waals surface area contributed by atoms with Crippen molar-refractivity contribution < 1.29 is 4.79 Å². The molecule has 2 heterocycles. The molecule has 168 valence electrons. The van der Waals surface area contributed by atoms with E-state index < -0.39 is 0 Å². The maximum Gasteiger partial charge on any atom is 0.267 e. The number of nitrogens with one attached hydrogen (secondary N) is 1. The van der Waals surface area contributed by atoms with Crippen molar-refractivity contribution in [3.8, 4) is 5.82 Å². The van der Waals surface area contributed by atoms with Gasteiger partial charge >= 0.3 is 0 Å². The molecule has 0 fully saturated rings. The Bertz CT molecular complexity index is 1410. The number of aryl methyl sites for hydroxylation is 1. The van der Waals surface area contributed by atoms with Gasteiger partial charge in [-0.2, -0.15) is 0 Å². The van der Waals surface area contributed by atoms with Crippen LogP contribution in [0, 0.1) is 6.92 Å². The number of fused-ring (bicyclic) bond motifs is 1. The minimum absolute atomic E-state index is 0.0617. The Morgan fingerprint density at radius 3 is 2.70 bits per heavy atom. The number of hydrogen-bond donors (Lipinski definition) is 1. The van der Waals surface area contributed by atoms with Crippen LogP contribution >= 0.6 is 35.0 Å². The summed E-state index contributed by atoms with van der Waals surface area (Å²) in [6.07, 6.45) is 1.64. The van der Waals surface area contributed by atoms with Crippen molar-refractivity contribution in [1.82, 2.24) is 19.9 Å². The molecular formula is C24H20Cl2N4O2S. The summed E-state index contributed by atoms with van der Waals surface area (Å²) in [5, 5.41) is 4.82. The Hall–Kier alpha value is -2.87. The highest BCUT2D eigenvalue weighted by atomic mass is 35.5. The summed E-state index contributed by atoms with van der Waals surface area (Å²) in [5.41, 5.74) is 2.06. The first kappa shape index (κ1) is 23.3. The van der Waals surface area contributed by atoms with Gasteiger partial charge in [0.25, 0.3) is 5.56 Å². The monoisotopic (exact) mass is 498 g/mol. The summed E-state index contributed by atoms with van der Waals surface area (Å²) in [5.74, 6) is 0.304. The first-order valence-corrected chi connectivity index (χ1v) is 11.9. The molecule has 0 saturated heterocycles. The number of thioether (sulfide) groups is 1. The lowest BCUT2D eigenvalue weighted by Crippen LogP contribution is -2.29. The summed E-state index contributed by atoms with van der Waals surface area (Å²) < 4.78 is 1.45. The topological polar surface area (TPSA) is 76.9 Å². The fourth-order valence-electron chi connectivity index (χ4n) is 3.40. The number of halogens is 2. The van der Waals surface area contributed by atoms with Crippen LogP contribution in [0.25, 0.3) is 16.7 Å². The van der Waals surface area contributed by atoms with Crippen LogP contribution in [0.2, 0.25) is 10.0 Å². The summed E-state index contributed by atoms with van der Waals surface area (Å²) in [6, 6.07) is 15.6. The van der Waals surface area contributed by atoms with E-state index in [1.807, 2.05) is 32.0 Å². The molecule has 9 heteroatoms. The molecule has 2 aromatic heterocycles. The van der Waals surface area contributed by atoms with Crippen molar-refractivity contribution in [2.45, 2.75) is 25.0 Å². The largest absolute Gasteiger partial charge is 0.349 e. The Morgan fingerprint density at radius 1 is 1.15 bits per heavy atom. The minimum atomic E-state index is -0.312. The number of benzene rings is 2. The molecule has 1 atom stereocenters. The average Bonchev–Trinajstić information content (AvgIpc) is 2.77. The van der Waals surface area contributed by atoms with Crippen molar-refractivity contribution in [2.24, 2.45) is 0 Å². The molecule has 0 radical (unpaired) electrons. The van der Waals surface area contributed by atoms with Gasteiger partial charge in [0.15, 0.2) is 5.16 Å². The Balaban J connectivity index is 1.61. The van der Waals surface area contributed by atoms with Crippen LogP contribution in [0.1, 0.15) is 24.1 Å². The van der Waals surface area contributed by atoms with Crippen LogP contribution in [0.3, 0.4) is 0 Å². The molecule has 4 aromatic rings. The second-order valence-electron chi connectivity index (χ2n) is 7.49. The van der Waals surface area contributed by atoms with E-state index in [1.165, 1.54) is 16.3 Å². The maximum absolute atomic E-state index is 13.3. The van der Waals surface area contributed by atoms with Crippen LogP contribution in [0.4, 0.5) is 0 Å². The van der Waals surface area contributed by atoms with Gasteiger partial charge in [0, 0.05) is 16.2 Å². The highest BCUT2D eigenvalue weighted by Crippen LogP contribution is 2.26. The van der Waals surface area contributed by atoms with Gasteiger partial charge in [-0.3, -0.25) is 9.59 Å². The smallest absolute Gasteiger partial charge is 0.267 e. The van der Waals surface area contributed by atoms with Crippen molar-refractivity contribution in [1.29, 1.82) is 0 Å². The quantitative estimate of drug-likeness (QED) is 0.285. The number of para-hydroxylation sites is 1. The third-order valence-electron chi connectivity index (χ3n) is 5.01. The Morgan fingerprint density at radius 2 is 1.94 bits per heavy atom. The molecule has 33 heavy (non-hydrogen) atoms. The van der Waals surface area contributed by atoms with Gasteiger partial charge in [-0.1, -0.05) is 53.2 Å². The van der Waals surface area contributed by atoms with Crippen LogP contribution in [-0.4, -0.2) is 26.2 Å². The lowest BCUT2D eigenvalue weighted by Gasteiger charge is -2.16. The molecular weight excluding hydrogens is 479 g/mol. The van der Waals surface area contributed by atoms with Gasteiger partial charge in [-0.25, -0.2) is 14.5 Å². The molecule has 0 aliphatic carbocycles. The zero-order chi connectivity index (χ0) is 23.5. The fourth-order valence-corrected chi connectivity index (χ4v) is 4.78. The normalized spacial score (nSPS) is 12.0. The van der Waals surface area contributed by atoms with E-state index >= 15 is 0 Å². The number of hydrogen-bond acceptors (Lipinski definition) is 5. The minimum Gasteiger partial charge on any atom is -0.349 e. The van der Waals surface area contributed by atoms with Crippen molar-refractivity contribution in [3.63, 3.8) is 0 Å². The third kappa shape index (κ3) is 5.21. The summed E-state index contributed by atoms with van der Waals surface area (Å²) in [7, 11) is 0. The van der Waals surface area contributed by atoms with E-state index in [9.17, 15) is 9.59 Å². The molecule has 1 amide bonds. The second-order valence-corrected chi connectivity index (χ2v) is 9.27. The number of pyridine rings is 1. The van der Waals surface area contributed by atoms with Gasteiger partial charge in [0.1, 0.15) is 5.82 Å². The van der Waals surface area contributed by atoms with Gasteiger partial charge in [-0.05, 0) is 61.4 Å². The predicted molar refractivity (Wildman–Crippen MR) is 134 cm³/mol. The molecule has 6 nitrogen and oxygen atoms in total. The van der Waals surface area contributed by atoms with E-state index in [2.05, 4.69) is 15.3 Å². The van der Waals surface area contributed by atoms with E-state index in [4.69, 9.17) is 23.2 Å².